The number of rotatable bonds is 7. The van der Waals surface area contributed by atoms with Crippen LogP contribution < -0.4 is 10.6 Å². The van der Waals surface area contributed by atoms with Gasteiger partial charge in [-0.2, -0.15) is 0 Å². The van der Waals surface area contributed by atoms with E-state index in [1.165, 1.54) is 6.92 Å². The molecule has 0 aliphatic heterocycles. The van der Waals surface area contributed by atoms with Crippen LogP contribution in [0.1, 0.15) is 36.7 Å². The summed E-state index contributed by atoms with van der Waals surface area (Å²) in [5.74, 6) is -1.71. The van der Waals surface area contributed by atoms with Crippen molar-refractivity contribution in [3.05, 3.63) is 65.7 Å². The van der Waals surface area contributed by atoms with Crippen molar-refractivity contribution in [3.8, 4) is 0 Å². The van der Waals surface area contributed by atoms with Crippen LogP contribution in [0.15, 0.2) is 54.6 Å². The summed E-state index contributed by atoms with van der Waals surface area (Å²) in [6, 6.07) is 15.2. The third-order valence-corrected chi connectivity index (χ3v) is 4.23. The zero-order valence-corrected chi connectivity index (χ0v) is 15.7. The Hall–Kier alpha value is -3.15. The molecule has 0 radical (unpaired) electrons. The van der Waals surface area contributed by atoms with E-state index in [0.717, 1.165) is 5.56 Å². The molecule has 6 nitrogen and oxygen atoms in total. The number of carboxylic acid groups (broad SMARTS) is 1. The third-order valence-electron chi connectivity index (χ3n) is 4.23. The van der Waals surface area contributed by atoms with Gasteiger partial charge in [0.15, 0.2) is 0 Å². The van der Waals surface area contributed by atoms with Crippen LogP contribution in [0, 0.1) is 5.41 Å². The highest BCUT2D eigenvalue weighted by Gasteiger charge is 2.28. The molecule has 3 N–H and O–H groups in total. The highest BCUT2D eigenvalue weighted by molar-refractivity contribution is 5.98. The predicted molar refractivity (Wildman–Crippen MR) is 104 cm³/mol. The monoisotopic (exact) mass is 368 g/mol. The normalized spacial score (nSPS) is 12.1. The first-order chi connectivity index (χ1) is 12.7. The van der Waals surface area contributed by atoms with Crippen molar-refractivity contribution in [3.63, 3.8) is 0 Å². The molecule has 0 spiro atoms. The summed E-state index contributed by atoms with van der Waals surface area (Å²) in [6.07, 6.45) is 0.604. The topological polar surface area (TPSA) is 95.5 Å². The Morgan fingerprint density at radius 1 is 1.00 bits per heavy atom. The van der Waals surface area contributed by atoms with Crippen molar-refractivity contribution in [1.82, 2.24) is 5.32 Å². The van der Waals surface area contributed by atoms with Crippen LogP contribution in [0.4, 0.5) is 5.69 Å². The zero-order chi connectivity index (χ0) is 20.0. The van der Waals surface area contributed by atoms with E-state index in [1.54, 1.807) is 24.3 Å². The molecule has 27 heavy (non-hydrogen) atoms. The molecule has 0 aliphatic carbocycles. The lowest BCUT2D eigenvalue weighted by Gasteiger charge is -2.23. The molecule has 1 atom stereocenters. The Balaban J connectivity index is 1.99. The Kier molecular flexibility index (Phi) is 6.34. The molecule has 2 rings (SSSR count). The fourth-order valence-corrected chi connectivity index (χ4v) is 2.53. The molecular formula is C21H24N2O4. The lowest BCUT2D eigenvalue weighted by molar-refractivity contribution is -0.138. The zero-order valence-electron chi connectivity index (χ0n) is 15.7. The fourth-order valence-electron chi connectivity index (χ4n) is 2.53. The van der Waals surface area contributed by atoms with E-state index in [9.17, 15) is 14.4 Å². The maximum atomic E-state index is 12.6. The number of hydrogen-bond donors (Lipinski definition) is 3. The number of anilines is 1. The first-order valence-electron chi connectivity index (χ1n) is 8.68. The first-order valence-corrected chi connectivity index (χ1v) is 8.68. The van der Waals surface area contributed by atoms with Crippen molar-refractivity contribution < 1.29 is 19.5 Å². The van der Waals surface area contributed by atoms with Gasteiger partial charge in [0.1, 0.15) is 6.04 Å². The van der Waals surface area contributed by atoms with Crippen LogP contribution in [0.25, 0.3) is 0 Å². The largest absolute Gasteiger partial charge is 0.480 e. The first kappa shape index (κ1) is 20.2. The molecule has 1 unspecified atom stereocenters. The fraction of sp³-hybridized carbons (Fsp3) is 0.286. The van der Waals surface area contributed by atoms with Gasteiger partial charge >= 0.3 is 5.97 Å². The minimum atomic E-state index is -1.10. The van der Waals surface area contributed by atoms with Crippen LogP contribution in [0.2, 0.25) is 0 Å². The quantitative estimate of drug-likeness (QED) is 0.700. The van der Waals surface area contributed by atoms with Crippen molar-refractivity contribution in [2.45, 2.75) is 33.2 Å². The predicted octanol–water partition coefficient (Wildman–Crippen LogP) is 3.10. The van der Waals surface area contributed by atoms with Gasteiger partial charge < -0.3 is 15.7 Å². The van der Waals surface area contributed by atoms with E-state index in [4.69, 9.17) is 5.11 Å². The number of hydrogen-bond acceptors (Lipinski definition) is 3. The summed E-state index contributed by atoms with van der Waals surface area (Å²) in [7, 11) is 0. The van der Waals surface area contributed by atoms with Gasteiger partial charge in [0, 0.05) is 16.7 Å². The summed E-state index contributed by atoms with van der Waals surface area (Å²) < 4.78 is 0. The van der Waals surface area contributed by atoms with Gasteiger partial charge in [-0.15, -0.1) is 0 Å². The highest BCUT2D eigenvalue weighted by atomic mass is 16.4. The van der Waals surface area contributed by atoms with Gasteiger partial charge in [-0.25, -0.2) is 0 Å². The second-order valence-corrected chi connectivity index (χ2v) is 7.11. The third kappa shape index (κ3) is 5.67. The van der Waals surface area contributed by atoms with Crippen molar-refractivity contribution >= 4 is 23.5 Å². The van der Waals surface area contributed by atoms with Crippen molar-refractivity contribution in [1.29, 1.82) is 0 Å². The Morgan fingerprint density at radius 3 is 2.15 bits per heavy atom. The lowest BCUT2D eigenvalue weighted by Crippen LogP contribution is -2.38. The number of nitrogens with one attached hydrogen (secondary N) is 2. The summed E-state index contributed by atoms with van der Waals surface area (Å²) >= 11 is 0. The Morgan fingerprint density at radius 2 is 1.59 bits per heavy atom. The van der Waals surface area contributed by atoms with Gasteiger partial charge in [0.25, 0.3) is 5.91 Å². The molecule has 0 heterocycles. The number of aliphatic carboxylic acids is 1. The second-order valence-electron chi connectivity index (χ2n) is 7.11. The molecule has 0 saturated heterocycles. The van der Waals surface area contributed by atoms with Gasteiger partial charge in [0.05, 0.1) is 0 Å². The molecule has 142 valence electrons. The standard InChI is InChI=1S/C21H24N2O4/c1-14(19(25)26)22-18(24)16-9-11-17(12-10-16)23-20(27)21(2,3)13-15-7-5-4-6-8-15/h4-12,14H,13H2,1-3H3,(H,22,24)(H,23,27)(H,25,26). The van der Waals surface area contributed by atoms with Crippen LogP contribution in [-0.4, -0.2) is 28.9 Å². The SMILES string of the molecule is CC(NC(=O)c1ccc(NC(=O)C(C)(C)Cc2ccccc2)cc1)C(=O)O. The summed E-state index contributed by atoms with van der Waals surface area (Å²) in [5.41, 5.74) is 1.37. The number of amides is 2. The maximum Gasteiger partial charge on any atom is 0.325 e. The molecule has 0 saturated carbocycles. The Bertz CT molecular complexity index is 814. The molecule has 2 amide bonds. The van der Waals surface area contributed by atoms with Crippen molar-refractivity contribution in [2.75, 3.05) is 5.32 Å². The van der Waals surface area contributed by atoms with Gasteiger partial charge in [-0.05, 0) is 43.2 Å². The summed E-state index contributed by atoms with van der Waals surface area (Å²) in [4.78, 5) is 35.4. The molecule has 0 bridgehead atoms. The molecular weight excluding hydrogens is 344 g/mol. The van der Waals surface area contributed by atoms with E-state index in [1.807, 2.05) is 44.2 Å². The molecule has 0 aliphatic rings. The second kappa shape index (κ2) is 8.49. The van der Waals surface area contributed by atoms with E-state index >= 15 is 0 Å². The summed E-state index contributed by atoms with van der Waals surface area (Å²) in [5, 5.41) is 14.1. The number of carbonyl (C=O) groups is 3. The Labute approximate surface area is 158 Å². The molecule has 2 aromatic rings. The smallest absolute Gasteiger partial charge is 0.325 e. The van der Waals surface area contributed by atoms with E-state index in [0.29, 0.717) is 17.7 Å². The number of benzene rings is 2. The van der Waals surface area contributed by atoms with Crippen molar-refractivity contribution in [2.24, 2.45) is 5.41 Å². The van der Waals surface area contributed by atoms with Gasteiger partial charge in [-0.1, -0.05) is 44.2 Å². The maximum absolute atomic E-state index is 12.6. The molecule has 0 fully saturated rings. The van der Waals surface area contributed by atoms with Crippen LogP contribution in [-0.2, 0) is 16.0 Å². The van der Waals surface area contributed by atoms with Gasteiger partial charge in [-0.3, -0.25) is 14.4 Å². The number of carboxylic acids is 1. The van der Waals surface area contributed by atoms with Crippen LogP contribution in [0.3, 0.4) is 0 Å². The minimum Gasteiger partial charge on any atom is -0.480 e. The summed E-state index contributed by atoms with van der Waals surface area (Å²) in [6.45, 7) is 5.15. The highest BCUT2D eigenvalue weighted by Crippen LogP contribution is 2.24. The molecule has 6 heteroatoms. The average Bonchev–Trinajstić information content (AvgIpc) is 2.62. The number of carbonyl (C=O) groups excluding carboxylic acids is 2. The lowest BCUT2D eigenvalue weighted by atomic mass is 9.84. The van der Waals surface area contributed by atoms with Gasteiger partial charge in [0.2, 0.25) is 5.91 Å². The molecule has 0 aromatic heterocycles. The van der Waals surface area contributed by atoms with E-state index in [-0.39, 0.29) is 5.91 Å². The molecule has 2 aromatic carbocycles. The average molecular weight is 368 g/mol. The van der Waals surface area contributed by atoms with E-state index in [2.05, 4.69) is 10.6 Å². The van der Waals surface area contributed by atoms with Crippen LogP contribution in [0.5, 0.6) is 0 Å². The van der Waals surface area contributed by atoms with E-state index < -0.39 is 23.3 Å². The van der Waals surface area contributed by atoms with Crippen LogP contribution >= 0.6 is 0 Å². The minimum absolute atomic E-state index is 0.122.